The number of hydrogen-bond acceptors (Lipinski definition) is 4. The molecule has 0 aliphatic rings. The van der Waals surface area contributed by atoms with Gasteiger partial charge in [-0.3, -0.25) is 9.59 Å². The van der Waals surface area contributed by atoms with Gasteiger partial charge in [-0.2, -0.15) is 0 Å². The minimum atomic E-state index is -1.10. The first-order valence-corrected chi connectivity index (χ1v) is 4.14. The van der Waals surface area contributed by atoms with E-state index < -0.39 is 23.9 Å². The van der Waals surface area contributed by atoms with E-state index in [1.165, 1.54) is 0 Å². The molecule has 0 aromatic carbocycles. The Kier molecular flexibility index (Phi) is 5.06. The van der Waals surface area contributed by atoms with Crippen LogP contribution in [0.2, 0.25) is 0 Å². The molecule has 0 aliphatic carbocycles. The van der Waals surface area contributed by atoms with E-state index in [4.69, 9.17) is 15.6 Å². The van der Waals surface area contributed by atoms with Gasteiger partial charge in [0, 0.05) is 0 Å². The van der Waals surface area contributed by atoms with E-state index in [9.17, 15) is 9.59 Å². The van der Waals surface area contributed by atoms with Crippen LogP contribution in [-0.4, -0.2) is 29.7 Å². The molecule has 76 valence electrons. The minimum absolute atomic E-state index is 0.105. The highest BCUT2D eigenvalue weighted by molar-refractivity contribution is 5.76. The number of aliphatic carboxylic acids is 1. The number of carboxylic acid groups (broad SMARTS) is 1. The molecule has 0 radical (unpaired) electrons. The van der Waals surface area contributed by atoms with Gasteiger partial charge in [-0.25, -0.2) is 0 Å². The highest BCUT2D eigenvalue weighted by Gasteiger charge is 2.21. The monoisotopic (exact) mass is 189 g/mol. The third kappa shape index (κ3) is 4.47. The van der Waals surface area contributed by atoms with Crippen molar-refractivity contribution in [3.05, 3.63) is 0 Å². The van der Waals surface area contributed by atoms with E-state index >= 15 is 0 Å². The van der Waals surface area contributed by atoms with Crippen molar-refractivity contribution < 1.29 is 19.4 Å². The van der Waals surface area contributed by atoms with Gasteiger partial charge in [-0.15, -0.1) is 0 Å². The highest BCUT2D eigenvalue weighted by atomic mass is 16.5. The van der Waals surface area contributed by atoms with Crippen LogP contribution in [0.3, 0.4) is 0 Å². The van der Waals surface area contributed by atoms with Crippen LogP contribution in [-0.2, 0) is 14.3 Å². The lowest BCUT2D eigenvalue weighted by Crippen LogP contribution is -2.34. The molecule has 0 heterocycles. The van der Waals surface area contributed by atoms with Gasteiger partial charge < -0.3 is 15.6 Å². The predicted molar refractivity (Wildman–Crippen MR) is 46.0 cm³/mol. The number of carboxylic acids is 1. The van der Waals surface area contributed by atoms with Crippen molar-refractivity contribution >= 4 is 11.9 Å². The first-order chi connectivity index (χ1) is 5.99. The van der Waals surface area contributed by atoms with Crippen LogP contribution in [0, 0.1) is 5.92 Å². The Morgan fingerprint density at radius 3 is 2.46 bits per heavy atom. The molecule has 0 aromatic heterocycles. The first kappa shape index (κ1) is 11.9. The summed E-state index contributed by atoms with van der Waals surface area (Å²) in [5.74, 6) is -1.97. The summed E-state index contributed by atoms with van der Waals surface area (Å²) in [5, 5.41) is 8.47. The Balaban J connectivity index is 3.92. The van der Waals surface area contributed by atoms with Crippen molar-refractivity contribution in [2.75, 3.05) is 6.61 Å². The van der Waals surface area contributed by atoms with Crippen LogP contribution in [0.5, 0.6) is 0 Å². The van der Waals surface area contributed by atoms with Crippen LogP contribution in [0.4, 0.5) is 0 Å². The molecule has 0 unspecified atom stereocenters. The summed E-state index contributed by atoms with van der Waals surface area (Å²) < 4.78 is 4.70. The fourth-order valence-corrected chi connectivity index (χ4v) is 0.862. The van der Waals surface area contributed by atoms with Crippen LogP contribution < -0.4 is 5.73 Å². The zero-order valence-corrected chi connectivity index (χ0v) is 7.82. The molecular formula is C8H15NO4. The van der Waals surface area contributed by atoms with Crippen LogP contribution in [0.1, 0.15) is 20.3 Å². The van der Waals surface area contributed by atoms with Crippen molar-refractivity contribution in [2.24, 2.45) is 11.7 Å². The molecule has 0 aliphatic heterocycles. The molecule has 3 N–H and O–H groups in total. The maximum absolute atomic E-state index is 11.0. The zero-order valence-electron chi connectivity index (χ0n) is 7.82. The molecule has 0 bridgehead atoms. The Bertz CT molecular complexity index is 193. The predicted octanol–water partition coefficient (Wildman–Crippen LogP) is -0.0124. The Morgan fingerprint density at radius 1 is 1.54 bits per heavy atom. The summed E-state index contributed by atoms with van der Waals surface area (Å²) in [7, 11) is 0. The third-order valence-electron chi connectivity index (χ3n) is 1.61. The van der Waals surface area contributed by atoms with Crippen molar-refractivity contribution in [3.8, 4) is 0 Å². The van der Waals surface area contributed by atoms with Gasteiger partial charge in [-0.1, -0.05) is 6.92 Å². The standard InChI is InChI=1S/C8H15NO4/c1-3-13-8(12)5(2)4-6(9)7(10)11/h5-6H,3-4,9H2,1-2H3,(H,10,11)/t5-,6+/m0/s1. The second kappa shape index (κ2) is 5.53. The van der Waals surface area contributed by atoms with Gasteiger partial charge in [0.1, 0.15) is 6.04 Å². The molecule has 0 aromatic rings. The van der Waals surface area contributed by atoms with Gasteiger partial charge in [-0.05, 0) is 13.3 Å². The summed E-state index contributed by atoms with van der Waals surface area (Å²) >= 11 is 0. The molecule has 2 atom stereocenters. The van der Waals surface area contributed by atoms with Gasteiger partial charge in [0.25, 0.3) is 0 Å². The highest BCUT2D eigenvalue weighted by Crippen LogP contribution is 2.06. The molecule has 0 spiro atoms. The van der Waals surface area contributed by atoms with Gasteiger partial charge in [0.2, 0.25) is 0 Å². The molecule has 13 heavy (non-hydrogen) atoms. The van der Waals surface area contributed by atoms with Crippen molar-refractivity contribution in [3.63, 3.8) is 0 Å². The van der Waals surface area contributed by atoms with E-state index in [1.54, 1.807) is 13.8 Å². The number of esters is 1. The minimum Gasteiger partial charge on any atom is -0.480 e. The first-order valence-electron chi connectivity index (χ1n) is 4.14. The Labute approximate surface area is 76.9 Å². The second-order valence-electron chi connectivity index (χ2n) is 2.83. The molecule has 0 rings (SSSR count). The van der Waals surface area contributed by atoms with E-state index in [-0.39, 0.29) is 6.42 Å². The zero-order chi connectivity index (χ0) is 10.4. The fraction of sp³-hybridized carbons (Fsp3) is 0.750. The molecule has 5 heteroatoms. The van der Waals surface area contributed by atoms with E-state index in [0.29, 0.717) is 6.61 Å². The Hall–Kier alpha value is -1.10. The Morgan fingerprint density at radius 2 is 2.08 bits per heavy atom. The largest absolute Gasteiger partial charge is 0.480 e. The van der Waals surface area contributed by atoms with Gasteiger partial charge in [0.05, 0.1) is 12.5 Å². The van der Waals surface area contributed by atoms with Crippen LogP contribution in [0.15, 0.2) is 0 Å². The number of hydrogen-bond donors (Lipinski definition) is 2. The quantitative estimate of drug-likeness (QED) is 0.593. The maximum atomic E-state index is 11.0. The molecule has 5 nitrogen and oxygen atoms in total. The third-order valence-corrected chi connectivity index (χ3v) is 1.61. The topological polar surface area (TPSA) is 89.6 Å². The van der Waals surface area contributed by atoms with Gasteiger partial charge >= 0.3 is 11.9 Å². The van der Waals surface area contributed by atoms with E-state index in [2.05, 4.69) is 0 Å². The molecule has 0 saturated heterocycles. The number of carbonyl (C=O) groups excluding carboxylic acids is 1. The smallest absolute Gasteiger partial charge is 0.320 e. The summed E-state index contributed by atoms with van der Waals surface area (Å²) in [5.41, 5.74) is 5.24. The molecular weight excluding hydrogens is 174 g/mol. The lowest BCUT2D eigenvalue weighted by atomic mass is 10.0. The van der Waals surface area contributed by atoms with Crippen LogP contribution in [0.25, 0.3) is 0 Å². The number of carbonyl (C=O) groups is 2. The average molecular weight is 189 g/mol. The van der Waals surface area contributed by atoms with Crippen molar-refractivity contribution in [2.45, 2.75) is 26.3 Å². The van der Waals surface area contributed by atoms with Crippen LogP contribution >= 0.6 is 0 Å². The lowest BCUT2D eigenvalue weighted by molar-refractivity contribution is -0.148. The lowest BCUT2D eigenvalue weighted by Gasteiger charge is -2.12. The van der Waals surface area contributed by atoms with Crippen molar-refractivity contribution in [1.29, 1.82) is 0 Å². The number of ether oxygens (including phenoxy) is 1. The maximum Gasteiger partial charge on any atom is 0.320 e. The van der Waals surface area contributed by atoms with Gasteiger partial charge in [0.15, 0.2) is 0 Å². The number of nitrogens with two attached hydrogens (primary N) is 1. The second-order valence-corrected chi connectivity index (χ2v) is 2.83. The SMILES string of the molecule is CCOC(=O)[C@@H](C)C[C@@H](N)C(=O)O. The number of rotatable bonds is 5. The summed E-state index contributed by atoms with van der Waals surface area (Å²) in [4.78, 5) is 21.4. The van der Waals surface area contributed by atoms with E-state index in [0.717, 1.165) is 0 Å². The molecule has 0 amide bonds. The summed E-state index contributed by atoms with van der Waals surface area (Å²) in [6.45, 7) is 3.59. The van der Waals surface area contributed by atoms with Crippen molar-refractivity contribution in [1.82, 2.24) is 0 Å². The summed E-state index contributed by atoms with van der Waals surface area (Å²) in [6, 6.07) is -1.00. The van der Waals surface area contributed by atoms with E-state index in [1.807, 2.05) is 0 Å². The summed E-state index contributed by atoms with van der Waals surface area (Å²) in [6.07, 6.45) is 0.105. The average Bonchev–Trinajstić information content (AvgIpc) is 2.04. The fourth-order valence-electron chi connectivity index (χ4n) is 0.862. The molecule has 0 fully saturated rings. The molecule has 0 saturated carbocycles. The normalized spacial score (nSPS) is 14.7.